The summed E-state index contributed by atoms with van der Waals surface area (Å²) in [5, 5.41) is 10.8. The van der Waals surface area contributed by atoms with Crippen LogP contribution in [0.25, 0.3) is 0 Å². The average molecular weight is 235 g/mol. The lowest BCUT2D eigenvalue weighted by Gasteiger charge is -2.42. The molecule has 1 amide bonds. The van der Waals surface area contributed by atoms with Gasteiger partial charge in [0.15, 0.2) is 0 Å². The summed E-state index contributed by atoms with van der Waals surface area (Å²) in [5.41, 5.74) is 4.07. The summed E-state index contributed by atoms with van der Waals surface area (Å²) in [6, 6.07) is 9.22. The first-order valence-electron chi connectivity index (χ1n) is 6.00. The van der Waals surface area contributed by atoms with E-state index >= 15 is 0 Å². The van der Waals surface area contributed by atoms with E-state index in [0.717, 1.165) is 5.56 Å². The number of hydrogen-bond donors (Lipinski definition) is 2. The maximum Gasteiger partial charge on any atom is 0.226 e. The number of amides is 1. The Hall–Kier alpha value is -1.35. The van der Waals surface area contributed by atoms with Crippen molar-refractivity contribution >= 4 is 5.91 Å². The molecule has 0 saturated carbocycles. The maximum atomic E-state index is 11.8. The van der Waals surface area contributed by atoms with Gasteiger partial charge in [0.25, 0.3) is 0 Å². The van der Waals surface area contributed by atoms with Crippen molar-refractivity contribution < 1.29 is 9.90 Å². The van der Waals surface area contributed by atoms with Crippen LogP contribution in [-0.4, -0.2) is 11.0 Å². The van der Waals surface area contributed by atoms with Gasteiger partial charge >= 0.3 is 0 Å². The van der Waals surface area contributed by atoms with Crippen LogP contribution in [0.1, 0.15) is 39.2 Å². The van der Waals surface area contributed by atoms with Gasteiger partial charge in [-0.3, -0.25) is 4.79 Å². The molecule has 3 nitrogen and oxygen atoms in total. The second-order valence-corrected chi connectivity index (χ2v) is 4.59. The molecule has 1 rings (SSSR count). The number of primary amides is 1. The van der Waals surface area contributed by atoms with E-state index in [-0.39, 0.29) is 0 Å². The Kier molecular flexibility index (Phi) is 3.94. The average Bonchev–Trinajstić information content (AvgIpc) is 2.31. The van der Waals surface area contributed by atoms with Crippen molar-refractivity contribution in [3.63, 3.8) is 0 Å². The smallest absolute Gasteiger partial charge is 0.226 e. The molecule has 94 valence electrons. The zero-order valence-electron chi connectivity index (χ0n) is 10.7. The number of nitrogens with two attached hydrogens (primary N) is 1. The number of benzene rings is 1. The standard InChI is InChI=1S/C14H21NO2/c1-4-14(5-2,12(15)16)13(3,17)11-9-7-6-8-10-11/h6-10,17H,4-5H2,1-3H3,(H2,15,16). The number of aliphatic hydroxyl groups is 1. The van der Waals surface area contributed by atoms with Gasteiger partial charge in [0, 0.05) is 0 Å². The normalized spacial score (nSPS) is 15.3. The van der Waals surface area contributed by atoms with Crippen LogP contribution in [0.4, 0.5) is 0 Å². The van der Waals surface area contributed by atoms with Crippen molar-refractivity contribution in [3.8, 4) is 0 Å². The first-order valence-corrected chi connectivity index (χ1v) is 6.00. The van der Waals surface area contributed by atoms with Crippen LogP contribution in [-0.2, 0) is 10.4 Å². The van der Waals surface area contributed by atoms with Gasteiger partial charge in [-0.15, -0.1) is 0 Å². The van der Waals surface area contributed by atoms with Gasteiger partial charge in [-0.1, -0.05) is 44.2 Å². The molecule has 0 aliphatic carbocycles. The number of hydrogen-bond acceptors (Lipinski definition) is 2. The highest BCUT2D eigenvalue weighted by atomic mass is 16.3. The summed E-state index contributed by atoms with van der Waals surface area (Å²) in [6.07, 6.45) is 1.03. The lowest BCUT2D eigenvalue weighted by molar-refractivity contribution is -0.149. The van der Waals surface area contributed by atoms with Crippen LogP contribution >= 0.6 is 0 Å². The lowest BCUT2D eigenvalue weighted by Crippen LogP contribution is -2.51. The van der Waals surface area contributed by atoms with Crippen molar-refractivity contribution in [2.75, 3.05) is 0 Å². The molecule has 0 radical (unpaired) electrons. The van der Waals surface area contributed by atoms with E-state index in [1.165, 1.54) is 0 Å². The van der Waals surface area contributed by atoms with Gasteiger partial charge in [0.1, 0.15) is 5.60 Å². The van der Waals surface area contributed by atoms with Gasteiger partial charge < -0.3 is 10.8 Å². The Morgan fingerprint density at radius 3 is 2.06 bits per heavy atom. The fourth-order valence-corrected chi connectivity index (χ4v) is 2.57. The van der Waals surface area contributed by atoms with E-state index in [2.05, 4.69) is 0 Å². The Morgan fingerprint density at radius 1 is 1.24 bits per heavy atom. The molecule has 1 atom stereocenters. The third-order valence-electron chi connectivity index (χ3n) is 3.95. The minimum atomic E-state index is -1.25. The van der Waals surface area contributed by atoms with E-state index < -0.39 is 16.9 Å². The second-order valence-electron chi connectivity index (χ2n) is 4.59. The highest BCUT2D eigenvalue weighted by Crippen LogP contribution is 2.44. The third kappa shape index (κ3) is 2.07. The minimum absolute atomic E-state index is 0.448. The predicted molar refractivity (Wildman–Crippen MR) is 68.2 cm³/mol. The van der Waals surface area contributed by atoms with Crippen molar-refractivity contribution in [2.24, 2.45) is 11.1 Å². The summed E-state index contributed by atoms with van der Waals surface area (Å²) in [4.78, 5) is 11.8. The van der Waals surface area contributed by atoms with Gasteiger partial charge in [-0.2, -0.15) is 0 Å². The molecule has 0 spiro atoms. The van der Waals surface area contributed by atoms with Crippen LogP contribution in [0.15, 0.2) is 30.3 Å². The van der Waals surface area contributed by atoms with Crippen LogP contribution in [0, 0.1) is 5.41 Å². The molecule has 1 unspecified atom stereocenters. The first-order chi connectivity index (χ1) is 7.92. The molecule has 0 fully saturated rings. The second kappa shape index (κ2) is 4.88. The van der Waals surface area contributed by atoms with Gasteiger partial charge in [-0.05, 0) is 25.3 Å². The van der Waals surface area contributed by atoms with E-state index in [1.54, 1.807) is 6.92 Å². The van der Waals surface area contributed by atoms with E-state index in [9.17, 15) is 9.90 Å². The molecule has 1 aromatic rings. The molecule has 3 N–H and O–H groups in total. The SMILES string of the molecule is CCC(CC)(C(N)=O)C(C)(O)c1ccccc1. The topological polar surface area (TPSA) is 63.3 Å². The third-order valence-corrected chi connectivity index (χ3v) is 3.95. The van der Waals surface area contributed by atoms with E-state index in [1.807, 2.05) is 44.2 Å². The van der Waals surface area contributed by atoms with Gasteiger partial charge in [0.05, 0.1) is 5.41 Å². The van der Waals surface area contributed by atoms with Crippen LogP contribution in [0.3, 0.4) is 0 Å². The Morgan fingerprint density at radius 2 is 1.71 bits per heavy atom. The molecule has 17 heavy (non-hydrogen) atoms. The molecule has 3 heteroatoms. The van der Waals surface area contributed by atoms with Crippen molar-refractivity contribution in [3.05, 3.63) is 35.9 Å². The van der Waals surface area contributed by atoms with Gasteiger partial charge in [0.2, 0.25) is 5.91 Å². The molecule has 0 bridgehead atoms. The number of rotatable bonds is 5. The molecular weight excluding hydrogens is 214 g/mol. The molecule has 1 aromatic carbocycles. The highest BCUT2D eigenvalue weighted by Gasteiger charge is 2.50. The zero-order valence-corrected chi connectivity index (χ0v) is 10.7. The Bertz CT molecular complexity index is 380. The monoisotopic (exact) mass is 235 g/mol. The number of carbonyl (C=O) groups is 1. The van der Waals surface area contributed by atoms with Crippen LogP contribution in [0.5, 0.6) is 0 Å². The van der Waals surface area contributed by atoms with Gasteiger partial charge in [-0.25, -0.2) is 0 Å². The quantitative estimate of drug-likeness (QED) is 0.821. The molecule has 0 aromatic heterocycles. The first kappa shape index (κ1) is 13.7. The lowest BCUT2D eigenvalue weighted by atomic mass is 9.65. The Labute approximate surface area is 103 Å². The molecule has 0 heterocycles. The van der Waals surface area contributed by atoms with E-state index in [4.69, 9.17) is 5.73 Å². The summed E-state index contributed by atoms with van der Waals surface area (Å²) in [5.74, 6) is -0.448. The summed E-state index contributed by atoms with van der Waals surface area (Å²) >= 11 is 0. The minimum Gasteiger partial charge on any atom is -0.384 e. The highest BCUT2D eigenvalue weighted by molar-refractivity contribution is 5.82. The largest absolute Gasteiger partial charge is 0.384 e. The fraction of sp³-hybridized carbons (Fsp3) is 0.500. The van der Waals surface area contributed by atoms with Crippen LogP contribution in [0.2, 0.25) is 0 Å². The zero-order chi connectivity index (χ0) is 13.1. The summed E-state index contributed by atoms with van der Waals surface area (Å²) < 4.78 is 0. The molecule has 0 aliphatic rings. The van der Waals surface area contributed by atoms with Crippen molar-refractivity contribution in [1.82, 2.24) is 0 Å². The van der Waals surface area contributed by atoms with Crippen molar-refractivity contribution in [1.29, 1.82) is 0 Å². The predicted octanol–water partition coefficient (Wildman–Crippen LogP) is 2.19. The fourth-order valence-electron chi connectivity index (χ4n) is 2.57. The van der Waals surface area contributed by atoms with Crippen molar-refractivity contribution in [2.45, 2.75) is 39.2 Å². The molecule has 0 aliphatic heterocycles. The van der Waals surface area contributed by atoms with Crippen LogP contribution < -0.4 is 5.73 Å². The Balaban J connectivity index is 3.32. The maximum absolute atomic E-state index is 11.8. The number of carbonyl (C=O) groups excluding carboxylic acids is 1. The van der Waals surface area contributed by atoms with E-state index in [0.29, 0.717) is 12.8 Å². The molecule has 0 saturated heterocycles. The summed E-state index contributed by atoms with van der Waals surface area (Å²) in [6.45, 7) is 5.43. The summed E-state index contributed by atoms with van der Waals surface area (Å²) in [7, 11) is 0. The molecular formula is C14H21NO2.